The first kappa shape index (κ1) is 22.6. The Morgan fingerprint density at radius 3 is 2.20 bits per heavy atom. The number of anilines is 3. The predicted octanol–water partition coefficient (Wildman–Crippen LogP) is 11.0. The van der Waals surface area contributed by atoms with E-state index in [1.807, 2.05) is 41.7 Å². The van der Waals surface area contributed by atoms with E-state index < -0.39 is 0 Å². The summed E-state index contributed by atoms with van der Waals surface area (Å²) in [6, 6.07) is 47.2. The van der Waals surface area contributed by atoms with Crippen LogP contribution in [0.25, 0.3) is 65.0 Å². The van der Waals surface area contributed by atoms with E-state index in [0.717, 1.165) is 45.2 Å². The highest BCUT2D eigenvalue weighted by atomic mass is 32.1. The van der Waals surface area contributed by atoms with Gasteiger partial charge in [-0.3, -0.25) is 0 Å². The van der Waals surface area contributed by atoms with E-state index in [-0.39, 0.29) is 0 Å². The first-order valence-electron chi connectivity index (χ1n) is 13.7. The molecule has 2 aromatic heterocycles. The fourth-order valence-electron chi connectivity index (χ4n) is 6.22. The molecule has 0 spiro atoms. The molecule has 9 rings (SSSR count). The summed E-state index contributed by atoms with van der Waals surface area (Å²) in [5.41, 5.74) is 7.49. The summed E-state index contributed by atoms with van der Waals surface area (Å²) in [6.07, 6.45) is 0. The average molecular weight is 543 g/mol. The van der Waals surface area contributed by atoms with Gasteiger partial charge < -0.3 is 9.32 Å². The van der Waals surface area contributed by atoms with Gasteiger partial charge >= 0.3 is 0 Å². The summed E-state index contributed by atoms with van der Waals surface area (Å²) < 4.78 is 9.02. The fraction of sp³-hybridized carbons (Fsp3) is 0. The van der Waals surface area contributed by atoms with Gasteiger partial charge in [-0.2, -0.15) is 0 Å². The highest BCUT2D eigenvalue weighted by Crippen LogP contribution is 2.52. The lowest BCUT2D eigenvalue weighted by Gasteiger charge is -2.27. The van der Waals surface area contributed by atoms with Crippen molar-refractivity contribution < 1.29 is 4.42 Å². The van der Waals surface area contributed by atoms with Crippen molar-refractivity contribution in [2.45, 2.75) is 0 Å². The van der Waals surface area contributed by atoms with E-state index in [4.69, 9.17) is 9.40 Å². The van der Waals surface area contributed by atoms with E-state index in [2.05, 4.69) is 108 Å². The van der Waals surface area contributed by atoms with Gasteiger partial charge in [0, 0.05) is 59.0 Å². The topological polar surface area (TPSA) is 29.3 Å². The molecule has 41 heavy (non-hydrogen) atoms. The molecule has 0 saturated carbocycles. The number of para-hydroxylation sites is 1. The molecule has 3 nitrogen and oxygen atoms in total. The van der Waals surface area contributed by atoms with Crippen LogP contribution < -0.4 is 4.90 Å². The molecule has 0 radical (unpaired) electrons. The molecule has 0 fully saturated rings. The molecule has 6 aromatic carbocycles. The number of oxazole rings is 1. The maximum absolute atomic E-state index is 6.41. The summed E-state index contributed by atoms with van der Waals surface area (Å²) in [4.78, 5) is 7.34. The molecule has 0 unspecified atom stereocenters. The van der Waals surface area contributed by atoms with Crippen LogP contribution >= 0.6 is 11.3 Å². The van der Waals surface area contributed by atoms with Crippen molar-refractivity contribution in [3.8, 4) is 34.0 Å². The van der Waals surface area contributed by atoms with Gasteiger partial charge in [0.2, 0.25) is 5.89 Å². The standard InChI is InChI=1S/C37H22N2OS/c1-3-10-23(11-4-1)37-38-35-28-19-20-31(27-15-9-16-29(34(27)28)36(35)40-37)39(24-12-5-2-6-13-24)25-18-21-33-30(22-25)26-14-7-8-17-32(26)41-33/h1-22H. The van der Waals surface area contributed by atoms with Gasteiger partial charge in [0.05, 0.1) is 5.69 Å². The second kappa shape index (κ2) is 8.65. The Morgan fingerprint density at radius 1 is 0.561 bits per heavy atom. The molecule has 0 aliphatic heterocycles. The lowest BCUT2D eigenvalue weighted by atomic mass is 10.0. The van der Waals surface area contributed by atoms with Crippen LogP contribution in [0.2, 0.25) is 0 Å². The molecule has 0 atom stereocenters. The maximum Gasteiger partial charge on any atom is 0.227 e. The van der Waals surface area contributed by atoms with E-state index >= 15 is 0 Å². The van der Waals surface area contributed by atoms with Crippen molar-refractivity contribution in [3.05, 3.63) is 133 Å². The second-order valence-electron chi connectivity index (χ2n) is 10.4. The molecule has 8 aromatic rings. The van der Waals surface area contributed by atoms with Crippen molar-refractivity contribution in [3.63, 3.8) is 0 Å². The Kier molecular flexibility index (Phi) is 4.77. The van der Waals surface area contributed by atoms with Gasteiger partial charge in [-0.05, 0) is 60.7 Å². The van der Waals surface area contributed by atoms with Crippen LogP contribution in [0.15, 0.2) is 138 Å². The van der Waals surface area contributed by atoms with E-state index in [1.165, 1.54) is 30.9 Å². The molecule has 1 aliphatic carbocycles. The molecule has 0 N–H and O–H groups in total. The number of hydrogen-bond acceptors (Lipinski definition) is 4. The number of nitrogens with zero attached hydrogens (tertiary/aromatic N) is 2. The Balaban J connectivity index is 1.26. The summed E-state index contributed by atoms with van der Waals surface area (Å²) in [6.45, 7) is 0. The number of aromatic nitrogens is 1. The summed E-state index contributed by atoms with van der Waals surface area (Å²) in [7, 11) is 0. The molecular formula is C37H22N2OS. The SMILES string of the molecule is c1ccc(-c2nc3c(o2)-c2cccc4c(N(c5ccccc5)c5ccc6sc7ccccc7c6c5)ccc-3c24)cc1. The minimum Gasteiger partial charge on any atom is -0.435 e. The molecule has 2 heterocycles. The van der Waals surface area contributed by atoms with Crippen LogP contribution in [0.4, 0.5) is 17.1 Å². The van der Waals surface area contributed by atoms with Gasteiger partial charge in [-0.1, -0.05) is 72.8 Å². The van der Waals surface area contributed by atoms with Crippen LogP contribution in [0.5, 0.6) is 0 Å². The molecule has 192 valence electrons. The van der Waals surface area contributed by atoms with Gasteiger partial charge in [0.1, 0.15) is 5.69 Å². The maximum atomic E-state index is 6.41. The number of hydrogen-bond donors (Lipinski definition) is 0. The first-order valence-corrected chi connectivity index (χ1v) is 14.5. The molecule has 4 heteroatoms. The third-order valence-electron chi connectivity index (χ3n) is 8.04. The Labute approximate surface area is 240 Å². The fourth-order valence-corrected chi connectivity index (χ4v) is 7.31. The average Bonchev–Trinajstić information content (AvgIpc) is 3.72. The molecule has 1 aliphatic rings. The van der Waals surface area contributed by atoms with Crippen LogP contribution in [0, 0.1) is 0 Å². The summed E-state index contributed by atoms with van der Waals surface area (Å²) in [5.74, 6) is 1.50. The summed E-state index contributed by atoms with van der Waals surface area (Å²) in [5, 5.41) is 4.95. The smallest absolute Gasteiger partial charge is 0.227 e. The minimum absolute atomic E-state index is 0.657. The van der Waals surface area contributed by atoms with Crippen LogP contribution in [-0.4, -0.2) is 4.98 Å². The zero-order valence-corrected chi connectivity index (χ0v) is 22.7. The van der Waals surface area contributed by atoms with Crippen molar-refractivity contribution in [2.24, 2.45) is 0 Å². The monoisotopic (exact) mass is 542 g/mol. The normalized spacial score (nSPS) is 11.9. The second-order valence-corrected chi connectivity index (χ2v) is 11.5. The lowest BCUT2D eigenvalue weighted by Crippen LogP contribution is -2.10. The first-order chi connectivity index (χ1) is 20.3. The van der Waals surface area contributed by atoms with Crippen LogP contribution in [-0.2, 0) is 0 Å². The largest absolute Gasteiger partial charge is 0.435 e. The highest BCUT2D eigenvalue weighted by Gasteiger charge is 2.30. The van der Waals surface area contributed by atoms with E-state index in [9.17, 15) is 0 Å². The zero-order valence-electron chi connectivity index (χ0n) is 21.9. The highest BCUT2D eigenvalue weighted by molar-refractivity contribution is 7.25. The number of thiophene rings is 1. The van der Waals surface area contributed by atoms with Gasteiger partial charge in [0.25, 0.3) is 0 Å². The van der Waals surface area contributed by atoms with Gasteiger partial charge in [-0.25, -0.2) is 4.98 Å². The third-order valence-corrected chi connectivity index (χ3v) is 9.19. The van der Waals surface area contributed by atoms with Crippen LogP contribution in [0.3, 0.4) is 0 Å². The van der Waals surface area contributed by atoms with E-state index in [1.54, 1.807) is 0 Å². The quantitative estimate of drug-likeness (QED) is 0.221. The number of fused-ring (bicyclic) bond motifs is 6. The minimum atomic E-state index is 0.657. The lowest BCUT2D eigenvalue weighted by molar-refractivity contribution is 0.590. The molecule has 0 saturated heterocycles. The zero-order chi connectivity index (χ0) is 26.9. The Morgan fingerprint density at radius 2 is 1.32 bits per heavy atom. The predicted molar refractivity (Wildman–Crippen MR) is 171 cm³/mol. The molecule has 0 bridgehead atoms. The number of benzene rings is 6. The van der Waals surface area contributed by atoms with Gasteiger partial charge in [0.15, 0.2) is 5.76 Å². The van der Waals surface area contributed by atoms with Crippen molar-refractivity contribution in [2.75, 3.05) is 4.90 Å². The Bertz CT molecular complexity index is 2240. The molecule has 0 amide bonds. The summed E-state index contributed by atoms with van der Waals surface area (Å²) >= 11 is 1.85. The van der Waals surface area contributed by atoms with E-state index in [0.29, 0.717) is 5.89 Å². The van der Waals surface area contributed by atoms with Crippen LogP contribution in [0.1, 0.15) is 0 Å². The van der Waals surface area contributed by atoms with Crippen molar-refractivity contribution in [1.29, 1.82) is 0 Å². The van der Waals surface area contributed by atoms with Crippen molar-refractivity contribution >= 4 is 59.3 Å². The van der Waals surface area contributed by atoms with Crippen molar-refractivity contribution in [1.82, 2.24) is 4.98 Å². The van der Waals surface area contributed by atoms with Gasteiger partial charge in [-0.15, -0.1) is 11.3 Å². The third kappa shape index (κ3) is 3.35. The molecular weight excluding hydrogens is 520 g/mol. The number of rotatable bonds is 4. The Hall–Kier alpha value is -5.19.